The Morgan fingerprint density at radius 3 is 2.72 bits per heavy atom. The van der Waals surface area contributed by atoms with Gasteiger partial charge in [-0.15, -0.1) is 0 Å². The van der Waals surface area contributed by atoms with E-state index in [2.05, 4.69) is 6.92 Å². The molecule has 3 rings (SSSR count). The first kappa shape index (κ1) is 11.9. The maximum absolute atomic E-state index is 12.3. The van der Waals surface area contributed by atoms with E-state index in [1.54, 1.807) is 0 Å². The minimum absolute atomic E-state index is 0.0168. The van der Waals surface area contributed by atoms with E-state index in [1.165, 1.54) is 5.57 Å². The minimum Gasteiger partial charge on any atom is -0.457 e. The lowest BCUT2D eigenvalue weighted by molar-refractivity contribution is -0.144. The van der Waals surface area contributed by atoms with Crippen LogP contribution in [0.4, 0.5) is 0 Å². The lowest BCUT2D eigenvalue weighted by atomic mass is 9.59. The molecular weight excluding hydrogens is 228 g/mol. The van der Waals surface area contributed by atoms with Gasteiger partial charge in [0.15, 0.2) is 0 Å². The Balaban J connectivity index is 2.08. The standard InChI is InChI=1S/C15H20O3/c1-8-4-5-11(16)15(3)7-6-10-9(2)14(17)18-13(10)12(8)15/h9-10,13H,4-7H2,1-3H3/t9-,10-,13-,15+/m1/s1. The third kappa shape index (κ3) is 1.36. The Morgan fingerprint density at radius 2 is 2.00 bits per heavy atom. The van der Waals surface area contributed by atoms with Gasteiger partial charge in [-0.05, 0) is 38.7 Å². The normalized spacial score (nSPS) is 43.6. The molecule has 0 aromatic rings. The summed E-state index contributed by atoms with van der Waals surface area (Å²) >= 11 is 0. The van der Waals surface area contributed by atoms with Gasteiger partial charge in [-0.2, -0.15) is 0 Å². The number of ketones is 1. The molecule has 4 atom stereocenters. The van der Waals surface area contributed by atoms with Crippen LogP contribution in [-0.2, 0) is 14.3 Å². The summed E-state index contributed by atoms with van der Waals surface area (Å²) in [5.74, 6) is 0.503. The van der Waals surface area contributed by atoms with E-state index in [0.717, 1.165) is 24.8 Å². The molecule has 0 N–H and O–H groups in total. The van der Waals surface area contributed by atoms with Gasteiger partial charge >= 0.3 is 5.97 Å². The van der Waals surface area contributed by atoms with E-state index in [4.69, 9.17) is 4.74 Å². The molecule has 1 aliphatic heterocycles. The molecule has 0 unspecified atom stereocenters. The van der Waals surface area contributed by atoms with Crippen molar-refractivity contribution in [2.24, 2.45) is 17.3 Å². The van der Waals surface area contributed by atoms with Gasteiger partial charge in [0, 0.05) is 12.3 Å². The maximum atomic E-state index is 12.3. The highest BCUT2D eigenvalue weighted by molar-refractivity contribution is 5.90. The van der Waals surface area contributed by atoms with E-state index < -0.39 is 0 Å². The number of esters is 1. The monoisotopic (exact) mass is 248 g/mol. The highest BCUT2D eigenvalue weighted by Gasteiger charge is 2.55. The fourth-order valence-electron chi connectivity index (χ4n) is 4.05. The zero-order valence-corrected chi connectivity index (χ0v) is 11.3. The predicted molar refractivity (Wildman–Crippen MR) is 66.8 cm³/mol. The van der Waals surface area contributed by atoms with Gasteiger partial charge < -0.3 is 4.74 Å². The molecule has 18 heavy (non-hydrogen) atoms. The molecule has 0 spiro atoms. The molecule has 98 valence electrons. The second-order valence-electron chi connectivity index (χ2n) is 6.30. The summed E-state index contributed by atoms with van der Waals surface area (Å²) in [6.07, 6.45) is 3.15. The number of fused-ring (bicyclic) bond motifs is 3. The maximum Gasteiger partial charge on any atom is 0.309 e. The van der Waals surface area contributed by atoms with Crippen LogP contribution in [0.5, 0.6) is 0 Å². The van der Waals surface area contributed by atoms with Gasteiger partial charge in [-0.3, -0.25) is 9.59 Å². The third-order valence-electron chi connectivity index (χ3n) is 5.30. The van der Waals surface area contributed by atoms with Crippen molar-refractivity contribution in [1.82, 2.24) is 0 Å². The molecule has 2 aliphatic carbocycles. The van der Waals surface area contributed by atoms with Crippen LogP contribution >= 0.6 is 0 Å². The number of Topliss-reactive ketones (excluding diaryl/α,β-unsaturated/α-hetero) is 1. The Bertz CT molecular complexity index is 462. The van der Waals surface area contributed by atoms with Gasteiger partial charge in [0.25, 0.3) is 0 Å². The average molecular weight is 248 g/mol. The first-order valence-corrected chi connectivity index (χ1v) is 6.89. The Labute approximate surface area is 108 Å². The molecule has 2 fully saturated rings. The molecule has 0 amide bonds. The van der Waals surface area contributed by atoms with Gasteiger partial charge in [-0.1, -0.05) is 12.5 Å². The summed E-state index contributed by atoms with van der Waals surface area (Å²) in [6, 6.07) is 0. The number of hydrogen-bond acceptors (Lipinski definition) is 3. The summed E-state index contributed by atoms with van der Waals surface area (Å²) in [5, 5.41) is 0. The van der Waals surface area contributed by atoms with Crippen molar-refractivity contribution >= 4 is 11.8 Å². The zero-order valence-electron chi connectivity index (χ0n) is 11.3. The molecular formula is C15H20O3. The van der Waals surface area contributed by atoms with Crippen LogP contribution in [0.15, 0.2) is 11.1 Å². The average Bonchev–Trinajstić information content (AvgIpc) is 2.60. The summed E-state index contributed by atoms with van der Waals surface area (Å²) in [4.78, 5) is 24.1. The molecule has 3 nitrogen and oxygen atoms in total. The molecule has 0 bridgehead atoms. The highest BCUT2D eigenvalue weighted by atomic mass is 16.6. The van der Waals surface area contributed by atoms with Crippen LogP contribution in [0.1, 0.15) is 46.5 Å². The molecule has 0 radical (unpaired) electrons. The SMILES string of the molecule is CC1=C2[C@@H]3OC(=O)[C@H](C)[C@H]3CC[C@@]2(C)C(=O)CC1. The van der Waals surface area contributed by atoms with E-state index in [1.807, 2.05) is 13.8 Å². The van der Waals surface area contributed by atoms with Gasteiger partial charge in [0.2, 0.25) is 0 Å². The van der Waals surface area contributed by atoms with Crippen LogP contribution in [0.2, 0.25) is 0 Å². The number of hydrogen-bond donors (Lipinski definition) is 0. The molecule has 0 aromatic carbocycles. The quantitative estimate of drug-likeness (QED) is 0.489. The third-order valence-corrected chi connectivity index (χ3v) is 5.30. The van der Waals surface area contributed by atoms with Crippen LogP contribution in [0.3, 0.4) is 0 Å². The summed E-state index contributed by atoms with van der Waals surface area (Å²) in [6.45, 7) is 6.09. The van der Waals surface area contributed by atoms with E-state index >= 15 is 0 Å². The Hall–Kier alpha value is -1.12. The van der Waals surface area contributed by atoms with Gasteiger partial charge in [-0.25, -0.2) is 0 Å². The van der Waals surface area contributed by atoms with Crippen molar-refractivity contribution in [2.45, 2.75) is 52.6 Å². The van der Waals surface area contributed by atoms with E-state index in [9.17, 15) is 9.59 Å². The van der Waals surface area contributed by atoms with Crippen LogP contribution in [0, 0.1) is 17.3 Å². The molecule has 3 heteroatoms. The Kier molecular flexibility index (Phi) is 2.45. The summed E-state index contributed by atoms with van der Waals surface area (Å²) < 4.78 is 5.58. The van der Waals surface area contributed by atoms with Crippen molar-refractivity contribution in [3.8, 4) is 0 Å². The number of carbonyl (C=O) groups is 2. The van der Waals surface area contributed by atoms with Crippen LogP contribution in [-0.4, -0.2) is 17.9 Å². The van der Waals surface area contributed by atoms with Crippen LogP contribution in [0.25, 0.3) is 0 Å². The van der Waals surface area contributed by atoms with Gasteiger partial charge in [0.1, 0.15) is 11.9 Å². The van der Waals surface area contributed by atoms with Crippen molar-refractivity contribution < 1.29 is 14.3 Å². The molecule has 1 heterocycles. The predicted octanol–water partition coefficient (Wildman–Crippen LogP) is 2.64. The molecule has 0 aromatic heterocycles. The number of allylic oxidation sites excluding steroid dienone is 1. The van der Waals surface area contributed by atoms with Gasteiger partial charge in [0.05, 0.1) is 11.3 Å². The molecule has 1 saturated heterocycles. The smallest absolute Gasteiger partial charge is 0.309 e. The first-order valence-electron chi connectivity index (χ1n) is 6.89. The highest BCUT2D eigenvalue weighted by Crippen LogP contribution is 2.53. The molecule has 3 aliphatic rings. The molecule has 1 saturated carbocycles. The van der Waals surface area contributed by atoms with Crippen molar-refractivity contribution in [1.29, 1.82) is 0 Å². The minimum atomic E-state index is -0.367. The number of rotatable bonds is 0. The fraction of sp³-hybridized carbons (Fsp3) is 0.733. The first-order chi connectivity index (χ1) is 8.45. The fourth-order valence-corrected chi connectivity index (χ4v) is 4.05. The largest absolute Gasteiger partial charge is 0.457 e. The van der Waals surface area contributed by atoms with Crippen molar-refractivity contribution in [2.75, 3.05) is 0 Å². The summed E-state index contributed by atoms with van der Waals surface area (Å²) in [7, 11) is 0. The Morgan fingerprint density at radius 1 is 1.28 bits per heavy atom. The van der Waals surface area contributed by atoms with E-state index in [0.29, 0.717) is 12.2 Å². The van der Waals surface area contributed by atoms with Crippen molar-refractivity contribution in [3.05, 3.63) is 11.1 Å². The number of ether oxygens (including phenoxy) is 1. The number of carbonyl (C=O) groups excluding carboxylic acids is 2. The van der Waals surface area contributed by atoms with E-state index in [-0.39, 0.29) is 29.3 Å². The second-order valence-corrected chi connectivity index (χ2v) is 6.30. The van der Waals surface area contributed by atoms with Crippen LogP contribution < -0.4 is 0 Å². The lowest BCUT2D eigenvalue weighted by Gasteiger charge is -2.44. The topological polar surface area (TPSA) is 43.4 Å². The second kappa shape index (κ2) is 3.69. The van der Waals surface area contributed by atoms with Crippen molar-refractivity contribution in [3.63, 3.8) is 0 Å². The lowest BCUT2D eigenvalue weighted by Crippen LogP contribution is -2.45. The summed E-state index contributed by atoms with van der Waals surface area (Å²) in [5.41, 5.74) is 2.04. The zero-order chi connectivity index (χ0) is 13.1.